The first-order valence-electron chi connectivity index (χ1n) is 21.6. The lowest BCUT2D eigenvalue weighted by atomic mass is 9.74. The predicted octanol–water partition coefficient (Wildman–Crippen LogP) is 16.7. The zero-order chi connectivity index (χ0) is 41.3. The number of rotatable bonds is 5. The van der Waals surface area contributed by atoms with Crippen LogP contribution in [0.4, 0.5) is 17.1 Å². The predicted molar refractivity (Wildman–Crippen MR) is 262 cm³/mol. The minimum Gasteiger partial charge on any atom is -0.456 e. The first-order valence-corrected chi connectivity index (χ1v) is 22.4. The molecule has 2 heterocycles. The van der Waals surface area contributed by atoms with Crippen LogP contribution in [0.1, 0.15) is 48.6 Å². The molecule has 9 aromatic carbocycles. The standard InChI is InChI=1S/C59H41NOS/c1-58(2)47-22-8-4-15-40(47)43-34-33-38(35-51(43)58)60(37-31-29-36(30-32-37)39-19-12-20-45-44-18-7-11-28-54(44)62-57(39)45)52-26-14-27-53-55(52)46-21-13-25-50(56(46)61-53)59(3)48-23-9-5-16-41(48)42-17-6-10-24-49(42)59/h4-35H,1-3H3. The summed E-state index contributed by atoms with van der Waals surface area (Å²) in [6.07, 6.45) is 0. The van der Waals surface area contributed by atoms with Crippen molar-refractivity contribution in [2.45, 2.75) is 31.6 Å². The first-order chi connectivity index (χ1) is 30.4. The maximum Gasteiger partial charge on any atom is 0.139 e. The van der Waals surface area contributed by atoms with Gasteiger partial charge in [0.05, 0.1) is 11.1 Å². The van der Waals surface area contributed by atoms with Crippen LogP contribution < -0.4 is 4.90 Å². The van der Waals surface area contributed by atoms with Crippen molar-refractivity contribution in [3.63, 3.8) is 0 Å². The second-order valence-electron chi connectivity index (χ2n) is 17.7. The Hall–Kier alpha value is -7.20. The summed E-state index contributed by atoms with van der Waals surface area (Å²) in [5.41, 5.74) is 18.8. The van der Waals surface area contributed by atoms with E-state index in [1.54, 1.807) is 0 Å². The van der Waals surface area contributed by atoms with Gasteiger partial charge >= 0.3 is 0 Å². The zero-order valence-electron chi connectivity index (χ0n) is 34.7. The third kappa shape index (κ3) is 4.80. The molecule has 13 rings (SSSR count). The van der Waals surface area contributed by atoms with E-state index in [1.165, 1.54) is 81.4 Å². The van der Waals surface area contributed by atoms with E-state index in [2.05, 4.69) is 220 Å². The average Bonchev–Trinajstić information content (AvgIpc) is 4.03. The van der Waals surface area contributed by atoms with Gasteiger partial charge in [-0.05, 0) is 105 Å². The molecule has 3 heteroatoms. The lowest BCUT2D eigenvalue weighted by molar-refractivity contribution is 0.638. The lowest BCUT2D eigenvalue weighted by Gasteiger charge is -2.29. The highest BCUT2D eigenvalue weighted by Crippen LogP contribution is 2.56. The molecule has 294 valence electrons. The molecule has 2 aliphatic rings. The maximum atomic E-state index is 7.12. The van der Waals surface area contributed by atoms with Crippen molar-refractivity contribution in [1.29, 1.82) is 0 Å². The Bertz CT molecular complexity index is 3590. The number of benzene rings is 9. The van der Waals surface area contributed by atoms with Gasteiger partial charge in [-0.15, -0.1) is 11.3 Å². The molecule has 11 aromatic rings. The van der Waals surface area contributed by atoms with Crippen molar-refractivity contribution in [3.05, 3.63) is 222 Å². The van der Waals surface area contributed by atoms with Crippen LogP contribution in [0, 0.1) is 0 Å². The molecule has 0 fully saturated rings. The Morgan fingerprint density at radius 2 is 1.00 bits per heavy atom. The van der Waals surface area contributed by atoms with Crippen LogP contribution in [-0.2, 0) is 10.8 Å². The average molecular weight is 812 g/mol. The molecule has 0 atom stereocenters. The van der Waals surface area contributed by atoms with Crippen molar-refractivity contribution < 1.29 is 4.42 Å². The molecule has 0 saturated carbocycles. The Labute approximate surface area is 365 Å². The summed E-state index contributed by atoms with van der Waals surface area (Å²) in [7, 11) is 0. The van der Waals surface area contributed by atoms with Gasteiger partial charge in [0.15, 0.2) is 0 Å². The third-order valence-electron chi connectivity index (χ3n) is 14.2. The van der Waals surface area contributed by atoms with Gasteiger partial charge in [0.1, 0.15) is 11.2 Å². The smallest absolute Gasteiger partial charge is 0.139 e. The van der Waals surface area contributed by atoms with Crippen LogP contribution >= 0.6 is 11.3 Å². The van der Waals surface area contributed by atoms with Gasteiger partial charge < -0.3 is 9.32 Å². The number of fused-ring (bicyclic) bond motifs is 12. The number of hydrogen-bond acceptors (Lipinski definition) is 3. The molecule has 0 aliphatic heterocycles. The molecule has 0 N–H and O–H groups in total. The molecule has 0 saturated heterocycles. The molecule has 62 heavy (non-hydrogen) atoms. The Morgan fingerprint density at radius 3 is 1.77 bits per heavy atom. The second-order valence-corrected chi connectivity index (χ2v) is 18.8. The molecule has 2 nitrogen and oxygen atoms in total. The summed E-state index contributed by atoms with van der Waals surface area (Å²) < 4.78 is 9.76. The third-order valence-corrected chi connectivity index (χ3v) is 15.4. The van der Waals surface area contributed by atoms with Gasteiger partial charge in [-0.3, -0.25) is 0 Å². The van der Waals surface area contributed by atoms with E-state index >= 15 is 0 Å². The van der Waals surface area contributed by atoms with Crippen molar-refractivity contribution in [2.75, 3.05) is 4.90 Å². The molecule has 0 spiro atoms. The molecular formula is C59H41NOS. The van der Waals surface area contributed by atoms with Crippen LogP contribution in [-0.4, -0.2) is 0 Å². The largest absolute Gasteiger partial charge is 0.456 e. The van der Waals surface area contributed by atoms with Crippen LogP contribution in [0.25, 0.3) is 75.5 Å². The second kappa shape index (κ2) is 12.9. The van der Waals surface area contributed by atoms with E-state index in [-0.39, 0.29) is 5.41 Å². The lowest BCUT2D eigenvalue weighted by Crippen LogP contribution is -2.22. The van der Waals surface area contributed by atoms with Crippen LogP contribution in [0.3, 0.4) is 0 Å². The summed E-state index contributed by atoms with van der Waals surface area (Å²) >= 11 is 1.88. The SMILES string of the molecule is CC1(C)c2ccccc2-c2ccc(N(c3ccc(-c4cccc5c4sc4ccccc45)cc3)c3cccc4oc5c(C6(C)c7ccccc7-c7ccccc76)cccc5c34)cc21. The fourth-order valence-electron chi connectivity index (χ4n) is 11.2. The van der Waals surface area contributed by atoms with Gasteiger partial charge in [0, 0.05) is 53.3 Å². The summed E-state index contributed by atoms with van der Waals surface area (Å²) in [6, 6.07) is 71.7. The highest BCUT2D eigenvalue weighted by Gasteiger charge is 2.42. The van der Waals surface area contributed by atoms with Crippen molar-refractivity contribution in [1.82, 2.24) is 0 Å². The fraction of sp³-hybridized carbons (Fsp3) is 0.0847. The summed E-state index contributed by atoms with van der Waals surface area (Å²) in [4.78, 5) is 2.45. The number of hydrogen-bond donors (Lipinski definition) is 0. The number of nitrogens with zero attached hydrogens (tertiary/aromatic N) is 1. The fourth-order valence-corrected chi connectivity index (χ4v) is 12.4. The van der Waals surface area contributed by atoms with Crippen LogP contribution in [0.5, 0.6) is 0 Å². The summed E-state index contributed by atoms with van der Waals surface area (Å²) in [6.45, 7) is 7.10. The normalized spacial score (nSPS) is 14.3. The van der Waals surface area contributed by atoms with Gasteiger partial charge in [0.2, 0.25) is 0 Å². The van der Waals surface area contributed by atoms with Gasteiger partial charge in [-0.2, -0.15) is 0 Å². The van der Waals surface area contributed by atoms with Crippen molar-refractivity contribution in [3.8, 4) is 33.4 Å². The number of thiophene rings is 1. The molecule has 2 aromatic heterocycles. The number of furan rings is 1. The molecule has 0 unspecified atom stereocenters. The van der Waals surface area contributed by atoms with E-state index < -0.39 is 5.41 Å². The molecule has 0 bridgehead atoms. The van der Waals surface area contributed by atoms with Gasteiger partial charge in [-0.1, -0.05) is 166 Å². The van der Waals surface area contributed by atoms with Gasteiger partial charge in [-0.25, -0.2) is 0 Å². The summed E-state index contributed by atoms with van der Waals surface area (Å²) in [5.74, 6) is 0. The van der Waals surface area contributed by atoms with E-state index in [1.807, 2.05) is 11.3 Å². The van der Waals surface area contributed by atoms with Crippen molar-refractivity contribution >= 4 is 70.5 Å². The monoisotopic (exact) mass is 811 g/mol. The molecule has 0 amide bonds. The number of para-hydroxylation sites is 1. The molecular weight excluding hydrogens is 771 g/mol. The number of anilines is 3. The minimum atomic E-state index is -0.395. The Kier molecular flexibility index (Phi) is 7.40. The highest BCUT2D eigenvalue weighted by molar-refractivity contribution is 7.26. The zero-order valence-corrected chi connectivity index (χ0v) is 35.6. The van der Waals surface area contributed by atoms with Crippen LogP contribution in [0.2, 0.25) is 0 Å². The Morgan fingerprint density at radius 1 is 0.435 bits per heavy atom. The van der Waals surface area contributed by atoms with Gasteiger partial charge in [0.25, 0.3) is 0 Å². The van der Waals surface area contributed by atoms with Crippen LogP contribution in [0.15, 0.2) is 199 Å². The van der Waals surface area contributed by atoms with E-state index in [0.29, 0.717) is 0 Å². The van der Waals surface area contributed by atoms with E-state index in [9.17, 15) is 0 Å². The quantitative estimate of drug-likeness (QED) is 0.172. The molecule has 2 aliphatic carbocycles. The van der Waals surface area contributed by atoms with E-state index in [4.69, 9.17) is 4.42 Å². The Balaban J connectivity index is 1.02. The van der Waals surface area contributed by atoms with E-state index in [0.717, 1.165) is 39.0 Å². The van der Waals surface area contributed by atoms with Crippen molar-refractivity contribution in [2.24, 2.45) is 0 Å². The highest BCUT2D eigenvalue weighted by atomic mass is 32.1. The first kappa shape index (κ1) is 35.5. The minimum absolute atomic E-state index is 0.146. The summed E-state index contributed by atoms with van der Waals surface area (Å²) in [5, 5.41) is 4.85. The maximum absolute atomic E-state index is 7.12. The topological polar surface area (TPSA) is 16.4 Å². The molecule has 0 radical (unpaired) electrons.